The number of hydrogen-bond acceptors (Lipinski definition) is 7. The molecule has 0 saturated carbocycles. The van der Waals surface area contributed by atoms with Gasteiger partial charge in [-0.3, -0.25) is 0 Å². The van der Waals surface area contributed by atoms with E-state index in [0.717, 1.165) is 41.2 Å². The fourth-order valence-corrected chi connectivity index (χ4v) is 4.63. The van der Waals surface area contributed by atoms with E-state index < -0.39 is 5.41 Å². The summed E-state index contributed by atoms with van der Waals surface area (Å²) in [5.41, 5.74) is 5.64. The molecular formula is C25H26N6O. The van der Waals surface area contributed by atoms with E-state index in [2.05, 4.69) is 39.1 Å². The molecule has 1 aromatic heterocycles. The fraction of sp³-hybridized carbons (Fsp3) is 0.320. The topological polar surface area (TPSA) is 106 Å². The lowest BCUT2D eigenvalue weighted by Gasteiger charge is -2.21. The molecule has 7 heteroatoms. The van der Waals surface area contributed by atoms with E-state index in [4.69, 9.17) is 4.98 Å². The SMILES string of the molecule is C[C@]1(CO)CNc2c(C#N)cc(-c3ccnc(Nc4ccccc4C4CCCN4)n3)cc21. The molecule has 0 amide bonds. The highest BCUT2D eigenvalue weighted by Gasteiger charge is 2.36. The van der Waals surface area contributed by atoms with Crippen molar-refractivity contribution in [3.63, 3.8) is 0 Å². The van der Waals surface area contributed by atoms with Gasteiger partial charge in [-0.25, -0.2) is 9.97 Å². The van der Waals surface area contributed by atoms with Crippen molar-refractivity contribution in [3.8, 4) is 17.3 Å². The monoisotopic (exact) mass is 426 g/mol. The van der Waals surface area contributed by atoms with Gasteiger partial charge >= 0.3 is 0 Å². The van der Waals surface area contributed by atoms with Crippen molar-refractivity contribution in [2.75, 3.05) is 30.3 Å². The molecule has 3 heterocycles. The summed E-state index contributed by atoms with van der Waals surface area (Å²) >= 11 is 0. The van der Waals surface area contributed by atoms with Crippen LogP contribution in [-0.4, -0.2) is 34.8 Å². The molecule has 0 radical (unpaired) electrons. The molecule has 0 spiro atoms. The van der Waals surface area contributed by atoms with Crippen LogP contribution in [0.3, 0.4) is 0 Å². The van der Waals surface area contributed by atoms with Crippen molar-refractivity contribution in [2.24, 2.45) is 0 Å². The van der Waals surface area contributed by atoms with Gasteiger partial charge in [0.05, 0.1) is 23.6 Å². The highest BCUT2D eigenvalue weighted by molar-refractivity contribution is 5.76. The molecule has 0 aliphatic carbocycles. The average Bonchev–Trinajstić information content (AvgIpc) is 3.48. The summed E-state index contributed by atoms with van der Waals surface area (Å²) < 4.78 is 0. The second kappa shape index (κ2) is 8.23. The molecule has 1 unspecified atom stereocenters. The van der Waals surface area contributed by atoms with Gasteiger partial charge in [0.25, 0.3) is 0 Å². The number of aromatic nitrogens is 2. The molecule has 2 aliphatic rings. The number of fused-ring (bicyclic) bond motifs is 1. The van der Waals surface area contributed by atoms with Gasteiger partial charge in [-0.2, -0.15) is 5.26 Å². The third-order valence-corrected chi connectivity index (χ3v) is 6.51. The van der Waals surface area contributed by atoms with E-state index in [-0.39, 0.29) is 6.61 Å². The minimum atomic E-state index is -0.432. The number of rotatable bonds is 5. The number of aliphatic hydroxyl groups excluding tert-OH is 1. The first-order chi connectivity index (χ1) is 15.6. The minimum absolute atomic E-state index is 0.00386. The van der Waals surface area contributed by atoms with Crippen molar-refractivity contribution >= 4 is 17.3 Å². The van der Waals surface area contributed by atoms with Gasteiger partial charge in [-0.05, 0) is 54.8 Å². The maximum Gasteiger partial charge on any atom is 0.227 e. The smallest absolute Gasteiger partial charge is 0.227 e. The van der Waals surface area contributed by atoms with Gasteiger partial charge in [0.2, 0.25) is 5.95 Å². The lowest BCUT2D eigenvalue weighted by molar-refractivity contribution is 0.219. The summed E-state index contributed by atoms with van der Waals surface area (Å²) in [7, 11) is 0. The van der Waals surface area contributed by atoms with E-state index in [0.29, 0.717) is 24.1 Å². The maximum absolute atomic E-state index is 9.96. The third-order valence-electron chi connectivity index (χ3n) is 6.51. The van der Waals surface area contributed by atoms with Gasteiger partial charge in [-0.1, -0.05) is 25.1 Å². The van der Waals surface area contributed by atoms with Crippen LogP contribution in [0.2, 0.25) is 0 Å². The van der Waals surface area contributed by atoms with Crippen LogP contribution in [0.15, 0.2) is 48.7 Å². The van der Waals surface area contributed by atoms with E-state index in [9.17, 15) is 10.4 Å². The summed E-state index contributed by atoms with van der Waals surface area (Å²) in [6, 6.07) is 16.6. The Morgan fingerprint density at radius 1 is 1.28 bits per heavy atom. The number of benzene rings is 2. The molecular weight excluding hydrogens is 400 g/mol. The summed E-state index contributed by atoms with van der Waals surface area (Å²) in [5.74, 6) is 0.509. The summed E-state index contributed by atoms with van der Waals surface area (Å²) in [5, 5.41) is 29.9. The van der Waals surface area contributed by atoms with Gasteiger partial charge in [0.1, 0.15) is 6.07 Å². The van der Waals surface area contributed by atoms with Crippen LogP contribution in [0, 0.1) is 11.3 Å². The molecule has 2 aliphatic heterocycles. The van der Waals surface area contributed by atoms with Crippen LogP contribution in [0.1, 0.15) is 42.5 Å². The van der Waals surface area contributed by atoms with Crippen LogP contribution in [0.5, 0.6) is 0 Å². The van der Waals surface area contributed by atoms with Crippen molar-refractivity contribution in [2.45, 2.75) is 31.2 Å². The van der Waals surface area contributed by atoms with Gasteiger partial charge in [0, 0.05) is 35.4 Å². The zero-order chi connectivity index (χ0) is 22.1. The zero-order valence-electron chi connectivity index (χ0n) is 18.0. The molecule has 3 aromatic rings. The number of anilines is 3. The molecule has 162 valence electrons. The lowest BCUT2D eigenvalue weighted by Crippen LogP contribution is -2.28. The van der Waals surface area contributed by atoms with Gasteiger partial charge in [0.15, 0.2) is 0 Å². The Hall–Kier alpha value is -3.47. The van der Waals surface area contributed by atoms with E-state index >= 15 is 0 Å². The molecule has 2 aromatic carbocycles. The van der Waals surface area contributed by atoms with Crippen molar-refractivity contribution < 1.29 is 5.11 Å². The number of nitrogens with zero attached hydrogens (tertiary/aromatic N) is 3. The second-order valence-electron chi connectivity index (χ2n) is 8.76. The predicted molar refractivity (Wildman–Crippen MR) is 125 cm³/mol. The number of hydrogen-bond donors (Lipinski definition) is 4. The number of para-hydroxylation sites is 1. The van der Waals surface area contributed by atoms with Crippen LogP contribution in [0.4, 0.5) is 17.3 Å². The first kappa shape index (κ1) is 20.4. The first-order valence-electron chi connectivity index (χ1n) is 11.0. The van der Waals surface area contributed by atoms with Crippen molar-refractivity contribution in [3.05, 3.63) is 65.4 Å². The Morgan fingerprint density at radius 3 is 2.94 bits per heavy atom. The third kappa shape index (κ3) is 3.58. The Labute approximate surface area is 187 Å². The fourth-order valence-electron chi connectivity index (χ4n) is 4.63. The highest BCUT2D eigenvalue weighted by Crippen LogP contribution is 2.41. The standard InChI is InChI=1S/C25H26N6O/c1-25(15-32)14-29-23-17(13-26)11-16(12-19(23)25)20-8-10-28-24(30-20)31-22-6-3-2-5-18(22)21-7-4-9-27-21/h2-3,5-6,8,10-12,21,27,29,32H,4,7,9,14-15H2,1H3,(H,28,30,31)/t21?,25-/m1/s1. The summed E-state index contributed by atoms with van der Waals surface area (Å²) in [4.78, 5) is 9.17. The van der Waals surface area contributed by atoms with Crippen LogP contribution in [0.25, 0.3) is 11.3 Å². The number of nitriles is 1. The summed E-state index contributed by atoms with van der Waals surface area (Å²) in [6.07, 6.45) is 4.01. The molecule has 1 fully saturated rings. The second-order valence-corrected chi connectivity index (χ2v) is 8.76. The molecule has 32 heavy (non-hydrogen) atoms. The molecule has 2 atom stereocenters. The molecule has 4 N–H and O–H groups in total. The number of nitrogens with one attached hydrogen (secondary N) is 3. The van der Waals surface area contributed by atoms with Crippen molar-refractivity contribution in [1.82, 2.24) is 15.3 Å². The average molecular weight is 427 g/mol. The normalized spacial score (nSPS) is 21.6. The molecule has 5 rings (SSSR count). The quantitative estimate of drug-likeness (QED) is 0.491. The highest BCUT2D eigenvalue weighted by atomic mass is 16.3. The number of aliphatic hydroxyl groups is 1. The van der Waals surface area contributed by atoms with Gasteiger partial charge in [-0.15, -0.1) is 0 Å². The van der Waals surface area contributed by atoms with Crippen LogP contribution >= 0.6 is 0 Å². The van der Waals surface area contributed by atoms with Gasteiger partial charge < -0.3 is 21.1 Å². The largest absolute Gasteiger partial charge is 0.395 e. The van der Waals surface area contributed by atoms with Crippen LogP contribution < -0.4 is 16.0 Å². The Bertz CT molecular complexity index is 1200. The molecule has 7 nitrogen and oxygen atoms in total. The Kier molecular flexibility index (Phi) is 5.25. The zero-order valence-corrected chi connectivity index (χ0v) is 18.0. The Balaban J connectivity index is 1.50. The van der Waals surface area contributed by atoms with E-state index in [1.807, 2.05) is 37.3 Å². The Morgan fingerprint density at radius 2 is 2.16 bits per heavy atom. The molecule has 0 bridgehead atoms. The van der Waals surface area contributed by atoms with Crippen LogP contribution in [-0.2, 0) is 5.41 Å². The van der Waals surface area contributed by atoms with Crippen molar-refractivity contribution in [1.29, 1.82) is 5.26 Å². The summed E-state index contributed by atoms with van der Waals surface area (Å²) in [6.45, 7) is 3.63. The minimum Gasteiger partial charge on any atom is -0.395 e. The lowest BCUT2D eigenvalue weighted by atomic mass is 9.83. The van der Waals surface area contributed by atoms with E-state index in [1.165, 1.54) is 12.0 Å². The first-order valence-corrected chi connectivity index (χ1v) is 11.0. The molecule has 1 saturated heterocycles. The predicted octanol–water partition coefficient (Wildman–Crippen LogP) is 3.86. The van der Waals surface area contributed by atoms with E-state index in [1.54, 1.807) is 6.20 Å². The maximum atomic E-state index is 9.96.